The molecule has 4 heteroatoms. The fourth-order valence-corrected chi connectivity index (χ4v) is 1.38. The van der Waals surface area contributed by atoms with Gasteiger partial charge >= 0.3 is 6.18 Å². The van der Waals surface area contributed by atoms with E-state index in [1.54, 1.807) is 12.1 Å². The third-order valence-corrected chi connectivity index (χ3v) is 2.49. The number of rotatable bonds is 1. The van der Waals surface area contributed by atoms with E-state index in [2.05, 4.69) is 0 Å². The molecule has 2 N–H and O–H groups in total. The summed E-state index contributed by atoms with van der Waals surface area (Å²) in [6.07, 6.45) is -4.39. The Morgan fingerprint density at radius 2 is 1.44 bits per heavy atom. The van der Waals surface area contributed by atoms with Crippen LogP contribution in [-0.4, -0.2) is 6.18 Å². The minimum atomic E-state index is -4.39. The van der Waals surface area contributed by atoms with Gasteiger partial charge in [-0.1, -0.05) is 45.0 Å². The van der Waals surface area contributed by atoms with Crippen LogP contribution in [-0.2, 0) is 5.41 Å². The summed E-state index contributed by atoms with van der Waals surface area (Å²) in [6.45, 7) is 6.02. The van der Waals surface area contributed by atoms with Crippen LogP contribution in [0.5, 0.6) is 0 Å². The summed E-state index contributed by atoms with van der Waals surface area (Å²) in [4.78, 5) is 0. The molecule has 0 aliphatic carbocycles. The monoisotopic (exact) mass is 231 g/mol. The molecule has 1 rings (SSSR count). The normalized spacial score (nSPS) is 14.9. The predicted octanol–water partition coefficient (Wildman–Crippen LogP) is 3.55. The summed E-state index contributed by atoms with van der Waals surface area (Å²) in [5, 5.41) is 0. The minimum Gasteiger partial charge on any atom is -0.316 e. The van der Waals surface area contributed by atoms with E-state index >= 15 is 0 Å². The van der Waals surface area contributed by atoms with Crippen molar-refractivity contribution >= 4 is 0 Å². The highest BCUT2D eigenvalue weighted by Crippen LogP contribution is 2.31. The molecule has 1 nitrogen and oxygen atoms in total. The first-order valence-electron chi connectivity index (χ1n) is 5.05. The topological polar surface area (TPSA) is 26.0 Å². The largest absolute Gasteiger partial charge is 0.407 e. The summed E-state index contributed by atoms with van der Waals surface area (Å²) in [5.41, 5.74) is 6.13. The van der Waals surface area contributed by atoms with Gasteiger partial charge in [-0.15, -0.1) is 0 Å². The Morgan fingerprint density at radius 1 is 1.00 bits per heavy atom. The Bertz CT molecular complexity index is 346. The number of halogens is 3. The number of benzene rings is 1. The fourth-order valence-electron chi connectivity index (χ4n) is 1.38. The standard InChI is InChI=1S/C12H16F3N/c1-11(2,3)9-6-4-8(5-7-9)10(16)12(13,14)15/h4-7,10H,16H2,1-3H3/t10-/m0/s1. The zero-order chi connectivity index (χ0) is 12.6. The average molecular weight is 231 g/mol. The summed E-state index contributed by atoms with van der Waals surface area (Å²) in [5.74, 6) is 0. The fraction of sp³-hybridized carbons (Fsp3) is 0.500. The van der Waals surface area contributed by atoms with E-state index in [-0.39, 0.29) is 11.0 Å². The van der Waals surface area contributed by atoms with Crippen LogP contribution in [0.25, 0.3) is 0 Å². The van der Waals surface area contributed by atoms with E-state index in [0.717, 1.165) is 5.56 Å². The van der Waals surface area contributed by atoms with E-state index in [1.165, 1.54) is 12.1 Å². The Morgan fingerprint density at radius 3 is 1.75 bits per heavy atom. The number of alkyl halides is 3. The van der Waals surface area contributed by atoms with Gasteiger partial charge in [0.25, 0.3) is 0 Å². The van der Waals surface area contributed by atoms with Crippen molar-refractivity contribution in [2.45, 2.75) is 38.4 Å². The lowest BCUT2D eigenvalue weighted by Crippen LogP contribution is -2.28. The third-order valence-electron chi connectivity index (χ3n) is 2.49. The van der Waals surface area contributed by atoms with Crippen molar-refractivity contribution in [2.24, 2.45) is 5.73 Å². The molecule has 0 aromatic heterocycles. The maximum atomic E-state index is 12.3. The van der Waals surface area contributed by atoms with Crippen LogP contribution >= 0.6 is 0 Å². The quantitative estimate of drug-likeness (QED) is 0.786. The van der Waals surface area contributed by atoms with Crippen LogP contribution < -0.4 is 5.73 Å². The molecule has 0 aliphatic heterocycles. The molecule has 16 heavy (non-hydrogen) atoms. The zero-order valence-electron chi connectivity index (χ0n) is 9.60. The van der Waals surface area contributed by atoms with Gasteiger partial charge in [0.05, 0.1) is 0 Å². The van der Waals surface area contributed by atoms with Gasteiger partial charge in [0.2, 0.25) is 0 Å². The van der Waals surface area contributed by atoms with Crippen LogP contribution in [0.3, 0.4) is 0 Å². The van der Waals surface area contributed by atoms with Crippen LogP contribution in [0.4, 0.5) is 13.2 Å². The van der Waals surface area contributed by atoms with Crippen molar-refractivity contribution in [1.29, 1.82) is 0 Å². The van der Waals surface area contributed by atoms with Gasteiger partial charge in [0.1, 0.15) is 6.04 Å². The zero-order valence-corrected chi connectivity index (χ0v) is 9.60. The van der Waals surface area contributed by atoms with Crippen LogP contribution in [0.15, 0.2) is 24.3 Å². The lowest BCUT2D eigenvalue weighted by molar-refractivity contribution is -0.149. The van der Waals surface area contributed by atoms with Gasteiger partial charge in [-0.3, -0.25) is 0 Å². The Balaban J connectivity index is 2.96. The molecule has 0 fully saturated rings. The lowest BCUT2D eigenvalue weighted by atomic mass is 9.86. The second kappa shape index (κ2) is 4.09. The number of hydrogen-bond donors (Lipinski definition) is 1. The molecule has 1 atom stereocenters. The van der Waals surface area contributed by atoms with Crippen molar-refractivity contribution in [3.05, 3.63) is 35.4 Å². The maximum Gasteiger partial charge on any atom is 0.407 e. The molecule has 0 bridgehead atoms. The van der Waals surface area contributed by atoms with Gasteiger partial charge < -0.3 is 5.73 Å². The molecule has 0 spiro atoms. The van der Waals surface area contributed by atoms with Crippen LogP contribution in [0.1, 0.15) is 37.9 Å². The third kappa shape index (κ3) is 2.98. The highest BCUT2D eigenvalue weighted by atomic mass is 19.4. The van der Waals surface area contributed by atoms with E-state index in [1.807, 2.05) is 20.8 Å². The molecular weight excluding hydrogens is 215 g/mol. The highest BCUT2D eigenvalue weighted by molar-refractivity contribution is 5.29. The first-order valence-corrected chi connectivity index (χ1v) is 5.05. The molecule has 0 amide bonds. The van der Waals surface area contributed by atoms with Crippen molar-refractivity contribution in [2.75, 3.05) is 0 Å². The van der Waals surface area contributed by atoms with Crippen LogP contribution in [0, 0.1) is 0 Å². The number of hydrogen-bond acceptors (Lipinski definition) is 1. The molecule has 0 unspecified atom stereocenters. The van der Waals surface area contributed by atoms with Crippen molar-refractivity contribution in [1.82, 2.24) is 0 Å². The number of nitrogens with two attached hydrogens (primary N) is 1. The molecule has 1 aromatic carbocycles. The van der Waals surface area contributed by atoms with E-state index in [4.69, 9.17) is 5.73 Å². The highest BCUT2D eigenvalue weighted by Gasteiger charge is 2.37. The molecule has 0 saturated carbocycles. The summed E-state index contributed by atoms with van der Waals surface area (Å²) >= 11 is 0. The predicted molar refractivity (Wildman–Crippen MR) is 58.1 cm³/mol. The van der Waals surface area contributed by atoms with Crippen molar-refractivity contribution < 1.29 is 13.2 Å². The first kappa shape index (κ1) is 13.0. The molecule has 0 radical (unpaired) electrons. The van der Waals surface area contributed by atoms with Crippen molar-refractivity contribution in [3.8, 4) is 0 Å². The molecule has 90 valence electrons. The van der Waals surface area contributed by atoms with Gasteiger partial charge in [0.15, 0.2) is 0 Å². The second-order valence-electron chi connectivity index (χ2n) is 4.89. The molecule has 0 saturated heterocycles. The lowest BCUT2D eigenvalue weighted by Gasteiger charge is -2.21. The Hall–Kier alpha value is -1.03. The summed E-state index contributed by atoms with van der Waals surface area (Å²) < 4.78 is 37.0. The maximum absolute atomic E-state index is 12.3. The van der Waals surface area contributed by atoms with Gasteiger partial charge in [-0.25, -0.2) is 0 Å². The molecule has 1 aromatic rings. The molecular formula is C12H16F3N. The Labute approximate surface area is 93.5 Å². The second-order valence-corrected chi connectivity index (χ2v) is 4.89. The molecule has 0 heterocycles. The van der Waals surface area contributed by atoms with Gasteiger partial charge in [-0.05, 0) is 16.5 Å². The van der Waals surface area contributed by atoms with E-state index in [9.17, 15) is 13.2 Å². The van der Waals surface area contributed by atoms with E-state index in [0.29, 0.717) is 0 Å². The summed E-state index contributed by atoms with van der Waals surface area (Å²) in [7, 11) is 0. The molecule has 0 aliphatic rings. The summed E-state index contributed by atoms with van der Waals surface area (Å²) in [6, 6.07) is 4.38. The van der Waals surface area contributed by atoms with Gasteiger partial charge in [0, 0.05) is 0 Å². The van der Waals surface area contributed by atoms with Crippen LogP contribution in [0.2, 0.25) is 0 Å². The van der Waals surface area contributed by atoms with Gasteiger partial charge in [-0.2, -0.15) is 13.2 Å². The van der Waals surface area contributed by atoms with E-state index < -0.39 is 12.2 Å². The Kier molecular flexibility index (Phi) is 3.33. The minimum absolute atomic E-state index is 0.0686. The first-order chi connectivity index (χ1) is 7.12. The SMILES string of the molecule is CC(C)(C)c1ccc([C@H](N)C(F)(F)F)cc1. The smallest absolute Gasteiger partial charge is 0.316 e. The van der Waals surface area contributed by atoms with Crippen molar-refractivity contribution in [3.63, 3.8) is 0 Å². The average Bonchev–Trinajstić information content (AvgIpc) is 2.14.